The van der Waals surface area contributed by atoms with Gasteiger partial charge in [-0.1, -0.05) is 52.4 Å². The lowest BCUT2D eigenvalue weighted by Crippen LogP contribution is -2.47. The average molecular weight is 295 g/mol. The molecular weight excluding hydrogens is 256 g/mol. The van der Waals surface area contributed by atoms with E-state index in [1.54, 1.807) is 0 Å². The fraction of sp³-hybridized carbons (Fsp3) is 1.00. The molecule has 0 aromatic carbocycles. The van der Waals surface area contributed by atoms with Gasteiger partial charge in [0, 0.05) is 19.1 Å². The smallest absolute Gasteiger partial charge is 0.00924 e. The zero-order chi connectivity index (χ0) is 15.1. The number of hydrogen-bond acceptors (Lipinski definition) is 2. The Labute approximate surface area is 133 Å². The summed E-state index contributed by atoms with van der Waals surface area (Å²) in [4.78, 5) is 2.73. The lowest BCUT2D eigenvalue weighted by molar-refractivity contribution is 0.0746. The van der Waals surface area contributed by atoms with E-state index in [-0.39, 0.29) is 0 Å². The van der Waals surface area contributed by atoms with Crippen molar-refractivity contribution in [3.05, 3.63) is 0 Å². The molecule has 124 valence electrons. The molecule has 0 heterocycles. The fourth-order valence-electron chi connectivity index (χ4n) is 4.51. The highest BCUT2D eigenvalue weighted by atomic mass is 15.1. The molecular formula is C19H38N2. The van der Waals surface area contributed by atoms with Gasteiger partial charge in [-0.05, 0) is 50.6 Å². The normalized spacial score (nSPS) is 32.3. The van der Waals surface area contributed by atoms with Gasteiger partial charge in [0.1, 0.15) is 0 Å². The quantitative estimate of drug-likeness (QED) is 0.728. The molecule has 2 fully saturated rings. The minimum Gasteiger partial charge on any atom is -0.316 e. The third-order valence-corrected chi connectivity index (χ3v) is 6.12. The van der Waals surface area contributed by atoms with Crippen LogP contribution in [0, 0.1) is 11.3 Å². The zero-order valence-electron chi connectivity index (χ0n) is 14.8. The third-order valence-electron chi connectivity index (χ3n) is 6.12. The van der Waals surface area contributed by atoms with Crippen molar-refractivity contribution in [1.82, 2.24) is 10.2 Å². The molecule has 0 aliphatic heterocycles. The number of nitrogens with one attached hydrogen (secondary N) is 1. The first kappa shape index (κ1) is 17.3. The van der Waals surface area contributed by atoms with E-state index < -0.39 is 0 Å². The Hall–Kier alpha value is -0.0800. The highest BCUT2D eigenvalue weighted by Crippen LogP contribution is 2.39. The number of rotatable bonds is 6. The van der Waals surface area contributed by atoms with E-state index in [9.17, 15) is 0 Å². The summed E-state index contributed by atoms with van der Waals surface area (Å²) >= 11 is 0. The number of hydrogen-bond donors (Lipinski definition) is 1. The van der Waals surface area contributed by atoms with E-state index in [1.165, 1.54) is 77.3 Å². The van der Waals surface area contributed by atoms with Gasteiger partial charge in [0.05, 0.1) is 0 Å². The van der Waals surface area contributed by atoms with Gasteiger partial charge < -0.3 is 10.2 Å². The summed E-state index contributed by atoms with van der Waals surface area (Å²) in [6.45, 7) is 8.34. The van der Waals surface area contributed by atoms with E-state index in [2.05, 4.69) is 31.1 Å². The van der Waals surface area contributed by atoms with E-state index in [0.717, 1.165) is 18.5 Å². The van der Waals surface area contributed by atoms with Crippen LogP contribution in [0.15, 0.2) is 0 Å². The topological polar surface area (TPSA) is 15.3 Å². The molecule has 1 N–H and O–H groups in total. The highest BCUT2D eigenvalue weighted by molar-refractivity contribution is 4.90. The SMILES string of the molecule is CCNCC1(CN(C)C2CCCCCC2)CCC(C)CC1. The van der Waals surface area contributed by atoms with Crippen molar-refractivity contribution < 1.29 is 0 Å². The second-order valence-electron chi connectivity index (χ2n) is 8.02. The molecule has 0 unspecified atom stereocenters. The number of nitrogens with zero attached hydrogens (tertiary/aromatic N) is 1. The van der Waals surface area contributed by atoms with Crippen LogP contribution in [0.2, 0.25) is 0 Å². The van der Waals surface area contributed by atoms with Crippen LogP contribution in [-0.2, 0) is 0 Å². The minimum atomic E-state index is 0.545. The maximum atomic E-state index is 3.67. The minimum absolute atomic E-state index is 0.545. The van der Waals surface area contributed by atoms with Gasteiger partial charge >= 0.3 is 0 Å². The molecule has 2 saturated carbocycles. The summed E-state index contributed by atoms with van der Waals surface area (Å²) in [5.41, 5.74) is 0.545. The van der Waals surface area contributed by atoms with E-state index in [4.69, 9.17) is 0 Å². The van der Waals surface area contributed by atoms with E-state index in [1.807, 2.05) is 0 Å². The Balaban J connectivity index is 1.93. The molecule has 0 saturated heterocycles. The van der Waals surface area contributed by atoms with Gasteiger partial charge in [-0.2, -0.15) is 0 Å². The van der Waals surface area contributed by atoms with Gasteiger partial charge in [0.15, 0.2) is 0 Å². The predicted molar refractivity (Wildman–Crippen MR) is 92.7 cm³/mol. The molecule has 0 bridgehead atoms. The van der Waals surface area contributed by atoms with Crippen LogP contribution in [0.1, 0.15) is 78.1 Å². The molecule has 0 atom stereocenters. The molecule has 21 heavy (non-hydrogen) atoms. The summed E-state index contributed by atoms with van der Waals surface area (Å²) in [6.07, 6.45) is 14.4. The van der Waals surface area contributed by atoms with Gasteiger partial charge in [-0.15, -0.1) is 0 Å². The molecule has 0 aromatic rings. The fourth-order valence-corrected chi connectivity index (χ4v) is 4.51. The van der Waals surface area contributed by atoms with Crippen molar-refractivity contribution >= 4 is 0 Å². The standard InChI is InChI=1S/C19H38N2/c1-4-20-15-19(13-11-17(2)12-14-19)16-21(3)18-9-7-5-6-8-10-18/h17-18,20H,4-16H2,1-3H3. The Bertz CT molecular complexity index is 268. The molecule has 2 rings (SSSR count). The molecule has 0 radical (unpaired) electrons. The van der Waals surface area contributed by atoms with Crippen molar-refractivity contribution in [2.75, 3.05) is 26.7 Å². The van der Waals surface area contributed by atoms with Crippen molar-refractivity contribution in [2.45, 2.75) is 84.1 Å². The average Bonchev–Trinajstić information content (AvgIpc) is 2.77. The Morgan fingerprint density at radius 2 is 1.62 bits per heavy atom. The van der Waals surface area contributed by atoms with Crippen molar-refractivity contribution in [3.63, 3.8) is 0 Å². The van der Waals surface area contributed by atoms with Crippen LogP contribution in [0.4, 0.5) is 0 Å². The highest BCUT2D eigenvalue weighted by Gasteiger charge is 2.36. The van der Waals surface area contributed by atoms with E-state index >= 15 is 0 Å². The maximum Gasteiger partial charge on any atom is 0.00924 e. The first-order valence-electron chi connectivity index (χ1n) is 9.56. The second-order valence-corrected chi connectivity index (χ2v) is 8.02. The second kappa shape index (κ2) is 8.53. The third kappa shape index (κ3) is 5.25. The summed E-state index contributed by atoms with van der Waals surface area (Å²) in [6, 6.07) is 0.852. The zero-order valence-corrected chi connectivity index (χ0v) is 14.8. The summed E-state index contributed by atoms with van der Waals surface area (Å²) in [5.74, 6) is 0.947. The van der Waals surface area contributed by atoms with Crippen molar-refractivity contribution in [1.29, 1.82) is 0 Å². The molecule has 0 aromatic heterocycles. The Kier molecular flexibility index (Phi) is 7.01. The molecule has 2 aliphatic carbocycles. The molecule has 0 amide bonds. The summed E-state index contributed by atoms with van der Waals surface area (Å²) in [7, 11) is 2.40. The van der Waals surface area contributed by atoms with Crippen LogP contribution in [0.5, 0.6) is 0 Å². The van der Waals surface area contributed by atoms with Gasteiger partial charge in [-0.3, -0.25) is 0 Å². The monoisotopic (exact) mass is 294 g/mol. The molecule has 0 spiro atoms. The van der Waals surface area contributed by atoms with E-state index in [0.29, 0.717) is 5.41 Å². The van der Waals surface area contributed by atoms with Crippen LogP contribution in [0.25, 0.3) is 0 Å². The maximum absolute atomic E-state index is 3.67. The lowest BCUT2D eigenvalue weighted by Gasteiger charge is -2.44. The Morgan fingerprint density at radius 1 is 1.00 bits per heavy atom. The van der Waals surface area contributed by atoms with Crippen LogP contribution < -0.4 is 5.32 Å². The predicted octanol–water partition coefficient (Wildman–Crippen LogP) is 4.45. The summed E-state index contributed by atoms with van der Waals surface area (Å²) < 4.78 is 0. The van der Waals surface area contributed by atoms with Crippen molar-refractivity contribution in [2.24, 2.45) is 11.3 Å². The molecule has 2 nitrogen and oxygen atoms in total. The van der Waals surface area contributed by atoms with Gasteiger partial charge in [-0.25, -0.2) is 0 Å². The first-order chi connectivity index (χ1) is 10.2. The van der Waals surface area contributed by atoms with Crippen LogP contribution >= 0.6 is 0 Å². The van der Waals surface area contributed by atoms with Gasteiger partial charge in [0.2, 0.25) is 0 Å². The van der Waals surface area contributed by atoms with Gasteiger partial charge in [0.25, 0.3) is 0 Å². The molecule has 2 aliphatic rings. The largest absolute Gasteiger partial charge is 0.316 e. The lowest BCUT2D eigenvalue weighted by atomic mass is 9.70. The summed E-state index contributed by atoms with van der Waals surface area (Å²) in [5, 5.41) is 3.67. The molecule has 2 heteroatoms. The van der Waals surface area contributed by atoms with Crippen LogP contribution in [-0.4, -0.2) is 37.6 Å². The van der Waals surface area contributed by atoms with Crippen LogP contribution in [0.3, 0.4) is 0 Å². The first-order valence-corrected chi connectivity index (χ1v) is 9.56. The Morgan fingerprint density at radius 3 is 2.19 bits per heavy atom. The van der Waals surface area contributed by atoms with Crippen molar-refractivity contribution in [3.8, 4) is 0 Å².